The normalized spacial score (nSPS) is 12.2. The van der Waals surface area contributed by atoms with Gasteiger partial charge in [0.05, 0.1) is 0 Å². The van der Waals surface area contributed by atoms with Crippen LogP contribution >= 0.6 is 0 Å². The van der Waals surface area contributed by atoms with Crippen LogP contribution in [0.1, 0.15) is 0 Å². The van der Waals surface area contributed by atoms with Crippen LogP contribution in [0, 0.1) is 0 Å². The fraction of sp³-hybridized carbons (Fsp3) is 0.0417. The lowest BCUT2D eigenvalue weighted by atomic mass is 10.1. The van der Waals surface area contributed by atoms with Gasteiger partial charge >= 0.3 is 6.18 Å². The largest absolute Gasteiger partial charge is 0.431 e. The predicted molar refractivity (Wildman–Crippen MR) is 114 cm³/mol. The molecule has 0 saturated carbocycles. The molecule has 150 valence electrons. The highest BCUT2D eigenvalue weighted by Gasteiger charge is 2.35. The van der Waals surface area contributed by atoms with Gasteiger partial charge in [-0.1, -0.05) is 72.8 Å². The van der Waals surface area contributed by atoms with Crippen LogP contribution in [0.3, 0.4) is 0 Å². The van der Waals surface area contributed by atoms with Crippen LogP contribution in [0.5, 0.6) is 0 Å². The molecule has 0 aliphatic heterocycles. The second kappa shape index (κ2) is 7.91. The van der Waals surface area contributed by atoms with Crippen LogP contribution in [0.4, 0.5) is 24.5 Å². The maximum Gasteiger partial charge on any atom is 0.431 e. The van der Waals surface area contributed by atoms with Crippen molar-refractivity contribution in [3.63, 3.8) is 0 Å². The Morgan fingerprint density at radius 2 is 1.13 bits per heavy atom. The molecule has 0 spiro atoms. The van der Waals surface area contributed by atoms with Crippen molar-refractivity contribution in [2.45, 2.75) is 6.18 Å². The summed E-state index contributed by atoms with van der Waals surface area (Å²) in [6.07, 6.45) is -4.18. The highest BCUT2D eigenvalue weighted by atomic mass is 19.4. The molecule has 0 saturated heterocycles. The molecular formula is C24H17F3N2O. The third-order valence-electron chi connectivity index (χ3n) is 4.69. The predicted octanol–water partition coefficient (Wildman–Crippen LogP) is 6.49. The number of alkyl halides is 3. The second-order valence-electron chi connectivity index (χ2n) is 6.72. The Morgan fingerprint density at radius 3 is 1.67 bits per heavy atom. The van der Waals surface area contributed by atoms with E-state index in [1.807, 2.05) is 36.4 Å². The Kier molecular flexibility index (Phi) is 5.14. The lowest BCUT2D eigenvalue weighted by molar-refractivity contribution is -0.113. The van der Waals surface area contributed by atoms with Crippen molar-refractivity contribution in [2.24, 2.45) is 0 Å². The van der Waals surface area contributed by atoms with Crippen LogP contribution in [-0.4, -0.2) is 12.1 Å². The Balaban J connectivity index is 1.66. The van der Waals surface area contributed by atoms with Gasteiger partial charge in [-0.25, -0.2) is 0 Å². The van der Waals surface area contributed by atoms with Gasteiger partial charge in [-0.05, 0) is 22.9 Å². The number of fused-ring (bicyclic) bond motifs is 2. The molecule has 30 heavy (non-hydrogen) atoms. The fourth-order valence-electron chi connectivity index (χ4n) is 3.30. The zero-order valence-corrected chi connectivity index (χ0v) is 15.7. The highest BCUT2D eigenvalue weighted by Crippen LogP contribution is 2.31. The molecule has 0 fully saturated rings. The molecule has 4 aromatic rings. The average Bonchev–Trinajstić information content (AvgIpc) is 2.73. The van der Waals surface area contributed by atoms with E-state index in [0.717, 1.165) is 16.2 Å². The highest BCUT2D eigenvalue weighted by molar-refractivity contribution is 6.06. The first-order valence-corrected chi connectivity index (χ1v) is 9.24. The quantitative estimate of drug-likeness (QED) is 0.380. The number of carbonyl (C=O) groups is 1. The van der Waals surface area contributed by atoms with E-state index >= 15 is 0 Å². The Morgan fingerprint density at radius 1 is 0.667 bits per heavy atom. The zero-order chi connectivity index (χ0) is 21.1. The summed E-state index contributed by atoms with van der Waals surface area (Å²) in [5, 5.41) is 8.00. The minimum Gasteiger partial charge on any atom is -0.351 e. The summed E-state index contributed by atoms with van der Waals surface area (Å²) in [6, 6.07) is 24.7. The first-order chi connectivity index (χ1) is 14.4. The van der Waals surface area contributed by atoms with Crippen molar-refractivity contribution in [3.8, 4) is 0 Å². The monoisotopic (exact) mass is 406 g/mol. The lowest BCUT2D eigenvalue weighted by Crippen LogP contribution is -2.22. The number of rotatable bonds is 4. The van der Waals surface area contributed by atoms with Gasteiger partial charge in [-0.2, -0.15) is 13.2 Å². The molecule has 2 N–H and O–H groups in total. The van der Waals surface area contributed by atoms with E-state index in [4.69, 9.17) is 0 Å². The number of hydrogen-bond donors (Lipinski definition) is 2. The number of nitrogens with one attached hydrogen (secondary N) is 2. The molecular weight excluding hydrogens is 389 g/mol. The average molecular weight is 406 g/mol. The first-order valence-electron chi connectivity index (χ1n) is 9.24. The van der Waals surface area contributed by atoms with E-state index in [9.17, 15) is 18.0 Å². The summed E-state index contributed by atoms with van der Waals surface area (Å²) in [6.45, 7) is 0. The zero-order valence-electron chi connectivity index (χ0n) is 15.7. The summed E-state index contributed by atoms with van der Waals surface area (Å²) in [5.74, 6) is -0.869. The maximum atomic E-state index is 13.6. The van der Waals surface area contributed by atoms with Crippen molar-refractivity contribution < 1.29 is 18.0 Å². The van der Waals surface area contributed by atoms with Crippen molar-refractivity contribution in [1.82, 2.24) is 0 Å². The van der Waals surface area contributed by atoms with E-state index in [-0.39, 0.29) is 5.69 Å². The third kappa shape index (κ3) is 4.12. The Hall–Kier alpha value is -3.80. The van der Waals surface area contributed by atoms with Crippen LogP contribution < -0.4 is 10.6 Å². The van der Waals surface area contributed by atoms with Gasteiger partial charge in [-0.3, -0.25) is 4.79 Å². The third-order valence-corrected chi connectivity index (χ3v) is 4.69. The molecule has 0 aliphatic carbocycles. The molecule has 0 aromatic heterocycles. The van der Waals surface area contributed by atoms with E-state index in [2.05, 4.69) is 10.6 Å². The molecule has 4 aromatic carbocycles. The molecule has 0 heterocycles. The summed E-state index contributed by atoms with van der Waals surface area (Å²) in [4.78, 5) is 12.4. The minimum absolute atomic E-state index is 0.273. The van der Waals surface area contributed by atoms with E-state index in [0.29, 0.717) is 17.1 Å². The fourth-order valence-corrected chi connectivity index (χ4v) is 3.30. The minimum atomic E-state index is -4.73. The summed E-state index contributed by atoms with van der Waals surface area (Å²) in [7, 11) is 0. The molecule has 0 atom stereocenters. The Bertz CT molecular complexity index is 1250. The van der Waals surface area contributed by atoms with Crippen molar-refractivity contribution in [1.29, 1.82) is 0 Å². The number of halogens is 3. The van der Waals surface area contributed by atoms with E-state index in [1.165, 1.54) is 0 Å². The molecule has 3 nitrogen and oxygen atoms in total. The Labute approximate surface area is 170 Å². The van der Waals surface area contributed by atoms with Crippen LogP contribution in [0.2, 0.25) is 0 Å². The number of allylic oxidation sites excluding steroid dienone is 1. The molecule has 0 radical (unpaired) electrons. The second-order valence-corrected chi connectivity index (χ2v) is 6.72. The van der Waals surface area contributed by atoms with Crippen LogP contribution in [-0.2, 0) is 4.79 Å². The smallest absolute Gasteiger partial charge is 0.351 e. The molecule has 4 rings (SSSR count). The van der Waals surface area contributed by atoms with Gasteiger partial charge in [-0.15, -0.1) is 0 Å². The number of benzene rings is 4. The summed E-state index contributed by atoms with van der Waals surface area (Å²) in [5.41, 5.74) is -0.424. The van der Waals surface area contributed by atoms with Crippen LogP contribution in [0.25, 0.3) is 21.5 Å². The standard InChI is InChI=1S/C24H17F3N2O/c25-24(26,27)22(28-20-13-5-9-16-7-1-3-11-18(16)20)15-23(30)29-21-14-6-10-17-8-2-4-12-19(17)21/h1-15,28H,(H,29,30)/b22-15-. The number of amides is 1. The van der Waals surface area contributed by atoms with Crippen molar-refractivity contribution in [3.05, 3.63) is 96.7 Å². The molecule has 0 unspecified atom stereocenters. The van der Waals surface area contributed by atoms with Crippen molar-refractivity contribution in [2.75, 3.05) is 10.6 Å². The van der Waals surface area contributed by atoms with Gasteiger partial charge in [0.15, 0.2) is 0 Å². The molecule has 6 heteroatoms. The molecule has 0 aliphatic rings. The number of hydrogen-bond acceptors (Lipinski definition) is 2. The first kappa shape index (κ1) is 19.5. The van der Waals surface area contributed by atoms with E-state index < -0.39 is 17.8 Å². The van der Waals surface area contributed by atoms with Crippen LogP contribution in [0.15, 0.2) is 96.7 Å². The van der Waals surface area contributed by atoms with E-state index in [1.54, 1.807) is 48.5 Å². The summed E-state index contributed by atoms with van der Waals surface area (Å²) < 4.78 is 40.9. The number of carbonyl (C=O) groups excluding carboxylic acids is 1. The van der Waals surface area contributed by atoms with Gasteiger partial charge in [0.25, 0.3) is 0 Å². The van der Waals surface area contributed by atoms with Gasteiger partial charge in [0.1, 0.15) is 5.70 Å². The van der Waals surface area contributed by atoms with Gasteiger partial charge in [0.2, 0.25) is 5.91 Å². The summed E-state index contributed by atoms with van der Waals surface area (Å²) >= 11 is 0. The molecule has 0 bridgehead atoms. The maximum absolute atomic E-state index is 13.6. The van der Waals surface area contributed by atoms with Gasteiger partial charge in [0, 0.05) is 28.2 Å². The SMILES string of the molecule is O=C(/C=C(\Nc1cccc2ccccc12)C(F)(F)F)Nc1cccc2ccccc12. The van der Waals surface area contributed by atoms with Gasteiger partial charge < -0.3 is 10.6 Å². The van der Waals surface area contributed by atoms with Crippen molar-refractivity contribution >= 4 is 38.8 Å². The molecule has 1 amide bonds. The topological polar surface area (TPSA) is 41.1 Å². The lowest BCUT2D eigenvalue weighted by Gasteiger charge is -2.16. The number of anilines is 2.